The van der Waals surface area contributed by atoms with E-state index in [1.807, 2.05) is 31.2 Å². The predicted octanol–water partition coefficient (Wildman–Crippen LogP) is 3.31. The second kappa shape index (κ2) is 5.97. The minimum Gasteiger partial charge on any atom is -0.486 e. The lowest BCUT2D eigenvalue weighted by atomic mass is 10.3. The second-order valence-corrected chi connectivity index (χ2v) is 5.25. The third-order valence-corrected chi connectivity index (χ3v) is 3.35. The fourth-order valence-corrected chi connectivity index (χ4v) is 2.20. The fourth-order valence-electron chi connectivity index (χ4n) is 1.21. The standard InChI is InChI=1S/C11H12BrN3OS/c1-2-13-11-15-14-10(17-11)7-16-9-5-3-8(12)4-6-9/h3-6H,2,7H2,1H3,(H,13,15). The summed E-state index contributed by atoms with van der Waals surface area (Å²) < 4.78 is 6.64. The van der Waals surface area contributed by atoms with E-state index in [4.69, 9.17) is 4.74 Å². The first kappa shape index (κ1) is 12.3. The Bertz CT molecular complexity index is 472. The van der Waals surface area contributed by atoms with Gasteiger partial charge in [-0.2, -0.15) is 0 Å². The number of anilines is 1. The van der Waals surface area contributed by atoms with E-state index in [-0.39, 0.29) is 0 Å². The molecule has 1 aromatic heterocycles. The summed E-state index contributed by atoms with van der Waals surface area (Å²) in [7, 11) is 0. The monoisotopic (exact) mass is 313 g/mol. The summed E-state index contributed by atoms with van der Waals surface area (Å²) in [6.07, 6.45) is 0. The summed E-state index contributed by atoms with van der Waals surface area (Å²) in [5.41, 5.74) is 0. The number of rotatable bonds is 5. The van der Waals surface area contributed by atoms with Crippen molar-refractivity contribution in [3.05, 3.63) is 33.7 Å². The van der Waals surface area contributed by atoms with Crippen LogP contribution >= 0.6 is 27.3 Å². The molecule has 0 fully saturated rings. The van der Waals surface area contributed by atoms with E-state index in [1.54, 1.807) is 0 Å². The Morgan fingerprint density at radius 1 is 1.29 bits per heavy atom. The number of ether oxygens (including phenoxy) is 1. The van der Waals surface area contributed by atoms with Crippen molar-refractivity contribution in [1.82, 2.24) is 10.2 Å². The zero-order chi connectivity index (χ0) is 12.1. The average Bonchev–Trinajstić information content (AvgIpc) is 2.77. The summed E-state index contributed by atoms with van der Waals surface area (Å²) in [5.74, 6) is 0.827. The van der Waals surface area contributed by atoms with Gasteiger partial charge in [-0.3, -0.25) is 0 Å². The van der Waals surface area contributed by atoms with Gasteiger partial charge in [-0.25, -0.2) is 0 Å². The number of nitrogens with one attached hydrogen (secondary N) is 1. The number of hydrogen-bond donors (Lipinski definition) is 1. The summed E-state index contributed by atoms with van der Waals surface area (Å²) in [5, 5.41) is 12.9. The molecular formula is C11H12BrN3OS. The summed E-state index contributed by atoms with van der Waals surface area (Å²) in [4.78, 5) is 0. The minimum absolute atomic E-state index is 0.449. The Morgan fingerprint density at radius 2 is 2.06 bits per heavy atom. The van der Waals surface area contributed by atoms with Crippen molar-refractivity contribution < 1.29 is 4.74 Å². The highest BCUT2D eigenvalue weighted by atomic mass is 79.9. The predicted molar refractivity (Wildman–Crippen MR) is 72.5 cm³/mol. The van der Waals surface area contributed by atoms with Crippen molar-refractivity contribution in [3.8, 4) is 5.75 Å². The molecule has 1 N–H and O–H groups in total. The van der Waals surface area contributed by atoms with E-state index in [2.05, 4.69) is 31.4 Å². The molecule has 0 saturated heterocycles. The second-order valence-electron chi connectivity index (χ2n) is 3.27. The van der Waals surface area contributed by atoms with Gasteiger partial charge in [-0.15, -0.1) is 10.2 Å². The normalized spacial score (nSPS) is 10.2. The molecule has 0 radical (unpaired) electrons. The molecule has 0 aliphatic carbocycles. The molecule has 0 unspecified atom stereocenters. The molecule has 4 nitrogen and oxygen atoms in total. The average molecular weight is 314 g/mol. The van der Waals surface area contributed by atoms with Crippen LogP contribution in [0.5, 0.6) is 5.75 Å². The number of benzene rings is 1. The zero-order valence-electron chi connectivity index (χ0n) is 9.31. The first-order valence-corrected chi connectivity index (χ1v) is 6.83. The highest BCUT2D eigenvalue weighted by Gasteiger charge is 2.03. The third-order valence-electron chi connectivity index (χ3n) is 1.97. The largest absolute Gasteiger partial charge is 0.486 e. The van der Waals surface area contributed by atoms with E-state index in [9.17, 15) is 0 Å². The zero-order valence-corrected chi connectivity index (χ0v) is 11.7. The molecule has 0 spiro atoms. The molecular weight excluding hydrogens is 302 g/mol. The van der Waals surface area contributed by atoms with Gasteiger partial charge in [0.05, 0.1) is 0 Å². The molecule has 0 saturated carbocycles. The number of hydrogen-bond acceptors (Lipinski definition) is 5. The lowest BCUT2D eigenvalue weighted by molar-refractivity contribution is 0.304. The van der Waals surface area contributed by atoms with Gasteiger partial charge in [-0.1, -0.05) is 27.3 Å². The SMILES string of the molecule is CCNc1nnc(COc2ccc(Br)cc2)s1. The summed E-state index contributed by atoms with van der Waals surface area (Å²) in [6, 6.07) is 7.71. The minimum atomic E-state index is 0.449. The van der Waals surface area contributed by atoms with Gasteiger partial charge in [0, 0.05) is 11.0 Å². The molecule has 0 bridgehead atoms. The van der Waals surface area contributed by atoms with Crippen LogP contribution in [-0.4, -0.2) is 16.7 Å². The molecule has 0 atom stereocenters. The van der Waals surface area contributed by atoms with Crippen molar-refractivity contribution in [2.45, 2.75) is 13.5 Å². The van der Waals surface area contributed by atoms with Gasteiger partial charge >= 0.3 is 0 Å². The van der Waals surface area contributed by atoms with Crippen LogP contribution in [0, 0.1) is 0 Å². The molecule has 0 amide bonds. The Hall–Kier alpha value is -1.14. The van der Waals surface area contributed by atoms with Gasteiger partial charge < -0.3 is 10.1 Å². The topological polar surface area (TPSA) is 47.0 Å². The Morgan fingerprint density at radius 3 is 2.76 bits per heavy atom. The maximum Gasteiger partial charge on any atom is 0.205 e. The van der Waals surface area contributed by atoms with Gasteiger partial charge in [0.25, 0.3) is 0 Å². The van der Waals surface area contributed by atoms with Crippen molar-refractivity contribution in [1.29, 1.82) is 0 Å². The van der Waals surface area contributed by atoms with Gasteiger partial charge in [0.2, 0.25) is 5.13 Å². The number of nitrogens with zero attached hydrogens (tertiary/aromatic N) is 2. The van der Waals surface area contributed by atoms with Crippen molar-refractivity contribution in [2.75, 3.05) is 11.9 Å². The van der Waals surface area contributed by atoms with E-state index in [1.165, 1.54) is 11.3 Å². The highest BCUT2D eigenvalue weighted by Crippen LogP contribution is 2.19. The lowest BCUT2D eigenvalue weighted by Gasteiger charge is -2.02. The fraction of sp³-hybridized carbons (Fsp3) is 0.273. The Labute approximate surface area is 112 Å². The Balaban J connectivity index is 1.90. The molecule has 2 rings (SSSR count). The van der Waals surface area contributed by atoms with Crippen LogP contribution in [-0.2, 0) is 6.61 Å². The third kappa shape index (κ3) is 3.67. The first-order chi connectivity index (χ1) is 8.28. The maximum atomic E-state index is 5.60. The molecule has 1 aromatic carbocycles. The van der Waals surface area contributed by atoms with Gasteiger partial charge in [0.1, 0.15) is 12.4 Å². The number of halogens is 1. The van der Waals surface area contributed by atoms with Gasteiger partial charge in [-0.05, 0) is 31.2 Å². The van der Waals surface area contributed by atoms with E-state index in [0.29, 0.717) is 6.61 Å². The quantitative estimate of drug-likeness (QED) is 0.920. The highest BCUT2D eigenvalue weighted by molar-refractivity contribution is 9.10. The Kier molecular flexibility index (Phi) is 4.33. The van der Waals surface area contributed by atoms with Crippen LogP contribution in [0.3, 0.4) is 0 Å². The molecule has 0 aliphatic rings. The molecule has 2 aromatic rings. The van der Waals surface area contributed by atoms with Crippen LogP contribution in [0.25, 0.3) is 0 Å². The molecule has 0 aliphatic heterocycles. The molecule has 1 heterocycles. The lowest BCUT2D eigenvalue weighted by Crippen LogP contribution is -1.94. The van der Waals surface area contributed by atoms with Crippen LogP contribution in [0.1, 0.15) is 11.9 Å². The van der Waals surface area contributed by atoms with E-state index in [0.717, 1.165) is 26.9 Å². The van der Waals surface area contributed by atoms with Crippen LogP contribution < -0.4 is 10.1 Å². The van der Waals surface area contributed by atoms with Crippen LogP contribution in [0.15, 0.2) is 28.7 Å². The summed E-state index contributed by atoms with van der Waals surface area (Å²) >= 11 is 4.89. The molecule has 6 heteroatoms. The smallest absolute Gasteiger partial charge is 0.205 e. The number of aromatic nitrogens is 2. The van der Waals surface area contributed by atoms with Crippen LogP contribution in [0.4, 0.5) is 5.13 Å². The molecule has 90 valence electrons. The van der Waals surface area contributed by atoms with Crippen molar-refractivity contribution in [3.63, 3.8) is 0 Å². The molecule has 17 heavy (non-hydrogen) atoms. The first-order valence-electron chi connectivity index (χ1n) is 5.22. The van der Waals surface area contributed by atoms with E-state index >= 15 is 0 Å². The van der Waals surface area contributed by atoms with Gasteiger partial charge in [0.15, 0.2) is 5.01 Å². The summed E-state index contributed by atoms with van der Waals surface area (Å²) in [6.45, 7) is 3.33. The van der Waals surface area contributed by atoms with Crippen molar-refractivity contribution >= 4 is 32.4 Å². The van der Waals surface area contributed by atoms with Crippen LogP contribution in [0.2, 0.25) is 0 Å². The maximum absolute atomic E-state index is 5.60. The van der Waals surface area contributed by atoms with E-state index < -0.39 is 0 Å². The van der Waals surface area contributed by atoms with Crippen molar-refractivity contribution in [2.24, 2.45) is 0 Å².